The van der Waals surface area contributed by atoms with Crippen LogP contribution in [0.2, 0.25) is 0 Å². The molecule has 0 aromatic carbocycles. The molecule has 0 saturated carbocycles. The van der Waals surface area contributed by atoms with E-state index >= 15 is 0 Å². The van der Waals surface area contributed by atoms with Gasteiger partial charge in [-0.1, -0.05) is 0 Å². The summed E-state index contributed by atoms with van der Waals surface area (Å²) in [5.74, 6) is 0.969. The molecule has 2 aromatic rings. The van der Waals surface area contributed by atoms with Gasteiger partial charge >= 0.3 is 0 Å². The van der Waals surface area contributed by atoms with Crippen LogP contribution in [0.25, 0.3) is 0 Å². The van der Waals surface area contributed by atoms with Crippen molar-refractivity contribution in [2.75, 3.05) is 0 Å². The van der Waals surface area contributed by atoms with E-state index in [2.05, 4.69) is 41.2 Å². The minimum atomic E-state index is 0.340. The number of nitrogens with one attached hydrogen (secondary N) is 1. The second-order valence-electron chi connectivity index (χ2n) is 4.62. The van der Waals surface area contributed by atoms with Crippen molar-refractivity contribution in [2.45, 2.75) is 39.9 Å². The monoisotopic (exact) mass is 245 g/mol. The maximum absolute atomic E-state index is 4.27. The third-order valence-electron chi connectivity index (χ3n) is 2.87. The van der Waals surface area contributed by atoms with Gasteiger partial charge in [-0.2, -0.15) is 5.10 Å². The molecule has 2 rings (SSSR count). The minimum Gasteiger partial charge on any atom is -0.306 e. The molecule has 5 heteroatoms. The Bertz CT molecular complexity index is 504. The van der Waals surface area contributed by atoms with Crippen molar-refractivity contribution in [3.05, 3.63) is 41.7 Å². The third-order valence-corrected chi connectivity index (χ3v) is 2.87. The van der Waals surface area contributed by atoms with Gasteiger partial charge in [-0.25, -0.2) is 9.67 Å². The average molecular weight is 245 g/mol. The van der Waals surface area contributed by atoms with Crippen molar-refractivity contribution in [3.8, 4) is 0 Å². The van der Waals surface area contributed by atoms with Crippen LogP contribution in [0.5, 0.6) is 0 Å². The summed E-state index contributed by atoms with van der Waals surface area (Å²) in [5.41, 5.74) is 2.47. The lowest BCUT2D eigenvalue weighted by Gasteiger charge is -2.10. The van der Waals surface area contributed by atoms with Crippen LogP contribution in [0.4, 0.5) is 0 Å². The fraction of sp³-hybridized carbons (Fsp3) is 0.462. The highest BCUT2D eigenvalue weighted by molar-refractivity contribution is 5.21. The SMILES string of the molecule is Cc1cnccc1CNCc1ncnn1C(C)C. The zero-order valence-electron chi connectivity index (χ0n) is 11.1. The summed E-state index contributed by atoms with van der Waals surface area (Å²) in [6, 6.07) is 2.38. The maximum atomic E-state index is 4.27. The molecule has 0 spiro atoms. The van der Waals surface area contributed by atoms with Crippen molar-refractivity contribution in [2.24, 2.45) is 0 Å². The Labute approximate surface area is 107 Å². The van der Waals surface area contributed by atoms with E-state index < -0.39 is 0 Å². The Hall–Kier alpha value is -1.75. The van der Waals surface area contributed by atoms with Gasteiger partial charge in [-0.3, -0.25) is 4.98 Å². The molecule has 0 amide bonds. The molecule has 0 fully saturated rings. The van der Waals surface area contributed by atoms with E-state index in [9.17, 15) is 0 Å². The molecule has 0 radical (unpaired) electrons. The normalized spacial score (nSPS) is 11.1. The van der Waals surface area contributed by atoms with E-state index in [-0.39, 0.29) is 0 Å². The summed E-state index contributed by atoms with van der Waals surface area (Å²) in [6.07, 6.45) is 5.31. The topological polar surface area (TPSA) is 55.6 Å². The first-order chi connectivity index (χ1) is 8.68. The van der Waals surface area contributed by atoms with Crippen LogP contribution in [0, 0.1) is 6.92 Å². The predicted molar refractivity (Wildman–Crippen MR) is 69.9 cm³/mol. The smallest absolute Gasteiger partial charge is 0.141 e. The lowest BCUT2D eigenvalue weighted by atomic mass is 10.1. The van der Waals surface area contributed by atoms with Crippen molar-refractivity contribution in [1.29, 1.82) is 0 Å². The maximum Gasteiger partial charge on any atom is 0.141 e. The number of aromatic nitrogens is 4. The van der Waals surface area contributed by atoms with Gasteiger partial charge in [0.25, 0.3) is 0 Å². The Morgan fingerprint density at radius 2 is 2.17 bits per heavy atom. The summed E-state index contributed by atoms with van der Waals surface area (Å²) in [6.45, 7) is 7.82. The van der Waals surface area contributed by atoms with Crippen LogP contribution < -0.4 is 5.32 Å². The molecule has 1 N–H and O–H groups in total. The Balaban J connectivity index is 1.93. The Morgan fingerprint density at radius 1 is 1.33 bits per heavy atom. The highest BCUT2D eigenvalue weighted by Gasteiger charge is 2.06. The molecular weight excluding hydrogens is 226 g/mol. The number of hydrogen-bond donors (Lipinski definition) is 1. The molecule has 0 aliphatic heterocycles. The summed E-state index contributed by atoms with van der Waals surface area (Å²) in [4.78, 5) is 8.35. The van der Waals surface area contributed by atoms with Crippen molar-refractivity contribution in [3.63, 3.8) is 0 Å². The van der Waals surface area contributed by atoms with Crippen LogP contribution in [0.15, 0.2) is 24.8 Å². The number of hydrogen-bond acceptors (Lipinski definition) is 4. The molecule has 0 aliphatic rings. The molecular formula is C13H19N5. The van der Waals surface area contributed by atoms with Crippen molar-refractivity contribution >= 4 is 0 Å². The summed E-state index contributed by atoms with van der Waals surface area (Å²) >= 11 is 0. The largest absolute Gasteiger partial charge is 0.306 e. The molecule has 5 nitrogen and oxygen atoms in total. The molecule has 0 bridgehead atoms. The second-order valence-corrected chi connectivity index (χ2v) is 4.62. The third kappa shape index (κ3) is 2.92. The first-order valence-electron chi connectivity index (χ1n) is 6.17. The van der Waals surface area contributed by atoms with E-state index in [0.29, 0.717) is 6.04 Å². The van der Waals surface area contributed by atoms with Gasteiger partial charge in [0.15, 0.2) is 0 Å². The minimum absolute atomic E-state index is 0.340. The van der Waals surface area contributed by atoms with Gasteiger partial charge in [0, 0.05) is 25.0 Å². The van der Waals surface area contributed by atoms with E-state index in [1.54, 1.807) is 6.33 Å². The first-order valence-corrected chi connectivity index (χ1v) is 6.17. The number of rotatable bonds is 5. The van der Waals surface area contributed by atoms with Crippen LogP contribution in [-0.2, 0) is 13.1 Å². The molecule has 0 atom stereocenters. The average Bonchev–Trinajstić information content (AvgIpc) is 2.80. The second kappa shape index (κ2) is 5.73. The number of pyridine rings is 1. The van der Waals surface area contributed by atoms with Crippen LogP contribution in [0.1, 0.15) is 36.8 Å². The van der Waals surface area contributed by atoms with Crippen molar-refractivity contribution < 1.29 is 0 Å². The van der Waals surface area contributed by atoms with Crippen LogP contribution in [0.3, 0.4) is 0 Å². The van der Waals surface area contributed by atoms with Crippen LogP contribution >= 0.6 is 0 Å². The molecule has 2 aromatic heterocycles. The van der Waals surface area contributed by atoms with Crippen molar-refractivity contribution in [1.82, 2.24) is 25.1 Å². The zero-order valence-corrected chi connectivity index (χ0v) is 11.1. The Kier molecular flexibility index (Phi) is 4.04. The van der Waals surface area contributed by atoms with E-state index in [1.165, 1.54) is 11.1 Å². The number of nitrogens with zero attached hydrogens (tertiary/aromatic N) is 4. The number of aryl methyl sites for hydroxylation is 1. The fourth-order valence-corrected chi connectivity index (χ4v) is 1.84. The molecule has 18 heavy (non-hydrogen) atoms. The fourth-order valence-electron chi connectivity index (χ4n) is 1.84. The van der Waals surface area contributed by atoms with E-state index in [4.69, 9.17) is 0 Å². The Morgan fingerprint density at radius 3 is 2.89 bits per heavy atom. The standard InChI is InChI=1S/C13H19N5/c1-10(2)18-13(16-9-17-18)8-15-7-12-4-5-14-6-11(12)3/h4-6,9-10,15H,7-8H2,1-3H3. The molecule has 0 saturated heterocycles. The predicted octanol–water partition coefficient (Wildman–Crippen LogP) is 1.85. The highest BCUT2D eigenvalue weighted by atomic mass is 15.3. The van der Waals surface area contributed by atoms with Gasteiger partial charge in [-0.05, 0) is 38.0 Å². The van der Waals surface area contributed by atoms with Gasteiger partial charge in [-0.15, -0.1) is 0 Å². The van der Waals surface area contributed by atoms with Gasteiger partial charge in [0.05, 0.1) is 6.54 Å². The lowest BCUT2D eigenvalue weighted by Crippen LogP contribution is -2.18. The molecule has 0 aliphatic carbocycles. The van der Waals surface area contributed by atoms with Gasteiger partial charge < -0.3 is 5.32 Å². The summed E-state index contributed by atoms with van der Waals surface area (Å²) < 4.78 is 1.94. The zero-order chi connectivity index (χ0) is 13.0. The first kappa shape index (κ1) is 12.7. The quantitative estimate of drug-likeness (QED) is 0.873. The van der Waals surface area contributed by atoms with Gasteiger partial charge in [0.2, 0.25) is 0 Å². The molecule has 0 unspecified atom stereocenters. The van der Waals surface area contributed by atoms with E-state index in [0.717, 1.165) is 18.9 Å². The lowest BCUT2D eigenvalue weighted by molar-refractivity contribution is 0.489. The summed E-state index contributed by atoms with van der Waals surface area (Å²) in [5, 5.41) is 7.60. The van der Waals surface area contributed by atoms with Gasteiger partial charge in [0.1, 0.15) is 12.2 Å². The highest BCUT2D eigenvalue weighted by Crippen LogP contribution is 2.07. The summed E-state index contributed by atoms with van der Waals surface area (Å²) in [7, 11) is 0. The van der Waals surface area contributed by atoms with Crippen LogP contribution in [-0.4, -0.2) is 19.7 Å². The van der Waals surface area contributed by atoms with E-state index in [1.807, 2.05) is 23.1 Å². The molecule has 2 heterocycles. The molecule has 96 valence electrons.